The van der Waals surface area contributed by atoms with E-state index in [0.717, 1.165) is 33.9 Å². The smallest absolute Gasteiger partial charge is 0.222 e. The third kappa shape index (κ3) is 5.87. The molecular formula is C28H30N4O3. The number of nitrogens with zero attached hydrogens (tertiary/aromatic N) is 4. The molecule has 0 saturated heterocycles. The first-order valence-electron chi connectivity index (χ1n) is 11.5. The molecule has 35 heavy (non-hydrogen) atoms. The summed E-state index contributed by atoms with van der Waals surface area (Å²) >= 11 is 0. The zero-order chi connectivity index (χ0) is 24.8. The molecule has 0 aliphatic heterocycles. The van der Waals surface area contributed by atoms with Crippen LogP contribution in [-0.4, -0.2) is 33.3 Å². The predicted molar refractivity (Wildman–Crippen MR) is 136 cm³/mol. The normalized spacial score (nSPS) is 11.7. The molecule has 0 unspecified atom stereocenters. The summed E-state index contributed by atoms with van der Waals surface area (Å²) in [4.78, 5) is 4.51. The maximum atomic E-state index is 9.16. The van der Waals surface area contributed by atoms with Crippen molar-refractivity contribution >= 4 is 6.21 Å². The molecule has 7 nitrogen and oxygen atoms in total. The number of aromatic nitrogens is 3. The van der Waals surface area contributed by atoms with Crippen molar-refractivity contribution in [3.05, 3.63) is 101 Å². The SMILES string of the molecule is COc1ccc(Cn2nc(Cc3cccnc3Oc3ccccc3C(C)(C)C)cc2C=NO)cc1. The van der Waals surface area contributed by atoms with Crippen molar-refractivity contribution in [2.24, 2.45) is 5.16 Å². The molecule has 2 aromatic heterocycles. The third-order valence-electron chi connectivity index (χ3n) is 5.67. The molecule has 180 valence electrons. The van der Waals surface area contributed by atoms with Crippen molar-refractivity contribution in [1.82, 2.24) is 14.8 Å². The first-order valence-corrected chi connectivity index (χ1v) is 11.5. The lowest BCUT2D eigenvalue weighted by molar-refractivity contribution is 0.321. The number of methoxy groups -OCH3 is 1. The standard InChI is InChI=1S/C28H30N4O3/c1-28(2,3)25-9-5-6-10-26(25)35-27-21(8-7-15-29-27)16-22-17-23(18-30-33)32(31-22)19-20-11-13-24(34-4)14-12-20/h5-15,17-18,33H,16,19H2,1-4H3. The molecular weight excluding hydrogens is 440 g/mol. The third-order valence-corrected chi connectivity index (χ3v) is 5.67. The van der Waals surface area contributed by atoms with Gasteiger partial charge in [0.1, 0.15) is 11.5 Å². The number of oxime groups is 1. The van der Waals surface area contributed by atoms with Gasteiger partial charge in [0.25, 0.3) is 0 Å². The lowest BCUT2D eigenvalue weighted by atomic mass is 9.86. The number of benzene rings is 2. The van der Waals surface area contributed by atoms with Crippen molar-refractivity contribution in [1.29, 1.82) is 0 Å². The summed E-state index contributed by atoms with van der Waals surface area (Å²) in [5.41, 5.74) is 4.53. The lowest BCUT2D eigenvalue weighted by Crippen LogP contribution is -2.12. The van der Waals surface area contributed by atoms with Crippen LogP contribution in [-0.2, 0) is 18.4 Å². The molecule has 7 heteroatoms. The molecule has 0 fully saturated rings. The number of para-hydroxylation sites is 1. The van der Waals surface area contributed by atoms with Crippen molar-refractivity contribution in [2.75, 3.05) is 7.11 Å². The highest BCUT2D eigenvalue weighted by Crippen LogP contribution is 2.34. The second kappa shape index (κ2) is 10.4. The summed E-state index contributed by atoms with van der Waals surface area (Å²) < 4.78 is 13.4. The summed E-state index contributed by atoms with van der Waals surface area (Å²) in [7, 11) is 1.64. The van der Waals surface area contributed by atoms with Crippen LogP contribution in [0.3, 0.4) is 0 Å². The Balaban J connectivity index is 1.60. The summed E-state index contributed by atoms with van der Waals surface area (Å²) in [6.45, 7) is 7.01. The first kappa shape index (κ1) is 24.0. The van der Waals surface area contributed by atoms with E-state index in [2.05, 4.69) is 37.0 Å². The van der Waals surface area contributed by atoms with Crippen LogP contribution in [0.25, 0.3) is 0 Å². The predicted octanol–water partition coefficient (Wildman–Crippen LogP) is 5.82. The van der Waals surface area contributed by atoms with E-state index in [1.165, 1.54) is 6.21 Å². The summed E-state index contributed by atoms with van der Waals surface area (Å²) in [5, 5.41) is 17.1. The van der Waals surface area contributed by atoms with E-state index in [1.807, 2.05) is 65.3 Å². The van der Waals surface area contributed by atoms with Crippen molar-refractivity contribution in [2.45, 2.75) is 39.2 Å². The molecule has 0 saturated carbocycles. The van der Waals surface area contributed by atoms with Crippen LogP contribution >= 0.6 is 0 Å². The largest absolute Gasteiger partial charge is 0.497 e. The van der Waals surface area contributed by atoms with Gasteiger partial charge in [0, 0.05) is 23.7 Å². The highest BCUT2D eigenvalue weighted by atomic mass is 16.5. The number of hydrogen-bond acceptors (Lipinski definition) is 6. The number of pyridine rings is 1. The van der Waals surface area contributed by atoms with Crippen LogP contribution in [0.4, 0.5) is 0 Å². The minimum absolute atomic E-state index is 0.0652. The Morgan fingerprint density at radius 3 is 2.51 bits per heavy atom. The van der Waals surface area contributed by atoms with Gasteiger partial charge >= 0.3 is 0 Å². The Kier molecular flexibility index (Phi) is 7.15. The van der Waals surface area contributed by atoms with E-state index in [0.29, 0.717) is 24.5 Å². The van der Waals surface area contributed by atoms with Gasteiger partial charge in [-0.05, 0) is 41.3 Å². The van der Waals surface area contributed by atoms with Gasteiger partial charge in [-0.1, -0.05) is 62.3 Å². The lowest BCUT2D eigenvalue weighted by Gasteiger charge is -2.22. The van der Waals surface area contributed by atoms with Crippen molar-refractivity contribution < 1.29 is 14.7 Å². The molecule has 0 aliphatic carbocycles. The minimum Gasteiger partial charge on any atom is -0.497 e. The van der Waals surface area contributed by atoms with Gasteiger partial charge in [0.15, 0.2) is 0 Å². The highest BCUT2D eigenvalue weighted by Gasteiger charge is 2.20. The topological polar surface area (TPSA) is 81.8 Å². The van der Waals surface area contributed by atoms with E-state index in [4.69, 9.17) is 19.8 Å². The van der Waals surface area contributed by atoms with E-state index in [-0.39, 0.29) is 5.41 Å². The van der Waals surface area contributed by atoms with Gasteiger partial charge in [-0.15, -0.1) is 0 Å². The number of hydrogen-bond donors (Lipinski definition) is 1. The second-order valence-electron chi connectivity index (χ2n) is 9.30. The fourth-order valence-electron chi connectivity index (χ4n) is 3.89. The zero-order valence-electron chi connectivity index (χ0n) is 20.5. The van der Waals surface area contributed by atoms with E-state index in [1.54, 1.807) is 13.3 Å². The second-order valence-corrected chi connectivity index (χ2v) is 9.30. The molecule has 0 radical (unpaired) electrons. The van der Waals surface area contributed by atoms with Gasteiger partial charge in [0.05, 0.1) is 31.3 Å². The highest BCUT2D eigenvalue weighted by molar-refractivity contribution is 5.77. The van der Waals surface area contributed by atoms with Crippen molar-refractivity contribution in [3.63, 3.8) is 0 Å². The minimum atomic E-state index is -0.0652. The summed E-state index contributed by atoms with van der Waals surface area (Å²) in [5.74, 6) is 2.13. The Morgan fingerprint density at radius 1 is 1.03 bits per heavy atom. The van der Waals surface area contributed by atoms with Gasteiger partial charge < -0.3 is 14.7 Å². The van der Waals surface area contributed by atoms with E-state index >= 15 is 0 Å². The molecule has 0 bridgehead atoms. The molecule has 0 aliphatic rings. The molecule has 2 aromatic carbocycles. The maximum absolute atomic E-state index is 9.16. The molecule has 0 amide bonds. The molecule has 4 aromatic rings. The first-order chi connectivity index (χ1) is 16.9. The van der Waals surface area contributed by atoms with E-state index < -0.39 is 0 Å². The van der Waals surface area contributed by atoms with Crippen LogP contribution < -0.4 is 9.47 Å². The van der Waals surface area contributed by atoms with Gasteiger partial charge in [-0.3, -0.25) is 4.68 Å². The number of rotatable bonds is 8. The van der Waals surface area contributed by atoms with Crippen LogP contribution in [0.1, 0.15) is 48.8 Å². The molecule has 0 spiro atoms. The molecule has 1 N–H and O–H groups in total. The maximum Gasteiger partial charge on any atom is 0.222 e. The monoisotopic (exact) mass is 470 g/mol. The zero-order valence-corrected chi connectivity index (χ0v) is 20.5. The number of ether oxygens (including phenoxy) is 2. The van der Waals surface area contributed by atoms with Gasteiger partial charge in [-0.2, -0.15) is 5.10 Å². The average Bonchev–Trinajstić information content (AvgIpc) is 3.21. The van der Waals surface area contributed by atoms with Gasteiger partial charge in [0.2, 0.25) is 5.88 Å². The summed E-state index contributed by atoms with van der Waals surface area (Å²) in [6, 6.07) is 21.6. The summed E-state index contributed by atoms with van der Waals surface area (Å²) in [6.07, 6.45) is 3.63. The van der Waals surface area contributed by atoms with Crippen molar-refractivity contribution in [3.8, 4) is 17.4 Å². The van der Waals surface area contributed by atoms with Crippen LogP contribution in [0.5, 0.6) is 17.4 Å². The fraction of sp³-hybridized carbons (Fsp3) is 0.250. The quantitative estimate of drug-likeness (QED) is 0.199. The molecule has 0 atom stereocenters. The Bertz CT molecular complexity index is 1300. The van der Waals surface area contributed by atoms with Crippen LogP contribution in [0.2, 0.25) is 0 Å². The fourth-order valence-corrected chi connectivity index (χ4v) is 3.89. The Labute approximate surface area is 205 Å². The van der Waals surface area contributed by atoms with E-state index in [9.17, 15) is 0 Å². The van der Waals surface area contributed by atoms with Crippen LogP contribution in [0, 0.1) is 0 Å². The molecule has 2 heterocycles. The Hall–Kier alpha value is -4.13. The van der Waals surface area contributed by atoms with Crippen LogP contribution in [0.15, 0.2) is 78.1 Å². The molecule has 4 rings (SSSR count). The Morgan fingerprint density at radius 2 is 1.80 bits per heavy atom. The van der Waals surface area contributed by atoms with Gasteiger partial charge in [-0.25, -0.2) is 4.98 Å². The average molecular weight is 471 g/mol.